The fourth-order valence-corrected chi connectivity index (χ4v) is 2.33. The van der Waals surface area contributed by atoms with E-state index in [1.807, 2.05) is 0 Å². The Hall–Kier alpha value is -0.120. The maximum absolute atomic E-state index is 9.55. The molecule has 0 bridgehead atoms. The summed E-state index contributed by atoms with van der Waals surface area (Å²) < 4.78 is 0. The van der Waals surface area contributed by atoms with Gasteiger partial charge in [-0.3, -0.25) is 0 Å². The van der Waals surface area contributed by atoms with E-state index in [2.05, 4.69) is 5.32 Å². The van der Waals surface area contributed by atoms with Crippen LogP contribution >= 0.6 is 0 Å². The molecular weight excluding hydrogens is 142 g/mol. The average molecular weight is 157 g/mol. The third-order valence-corrected chi connectivity index (χ3v) is 3.06. The van der Waals surface area contributed by atoms with E-state index in [1.165, 1.54) is 0 Å². The van der Waals surface area contributed by atoms with Crippen molar-refractivity contribution < 1.29 is 10.2 Å². The zero-order valence-electron chi connectivity index (χ0n) is 6.53. The van der Waals surface area contributed by atoms with Gasteiger partial charge in [-0.05, 0) is 12.8 Å². The Morgan fingerprint density at radius 3 is 1.82 bits per heavy atom. The molecule has 0 spiro atoms. The molecule has 2 fully saturated rings. The van der Waals surface area contributed by atoms with Crippen LogP contribution in [-0.2, 0) is 0 Å². The van der Waals surface area contributed by atoms with E-state index in [4.69, 9.17) is 0 Å². The van der Waals surface area contributed by atoms with Gasteiger partial charge in [0.05, 0.1) is 12.2 Å². The van der Waals surface area contributed by atoms with Gasteiger partial charge in [-0.2, -0.15) is 0 Å². The quantitative estimate of drug-likeness (QED) is 0.437. The van der Waals surface area contributed by atoms with Crippen molar-refractivity contribution in [2.75, 3.05) is 13.1 Å². The van der Waals surface area contributed by atoms with Gasteiger partial charge in [-0.15, -0.1) is 0 Å². The maximum atomic E-state index is 9.55. The number of fused-ring (bicyclic) bond motifs is 1. The molecule has 0 aromatic rings. The third-order valence-electron chi connectivity index (χ3n) is 3.06. The number of hydrogen-bond acceptors (Lipinski definition) is 3. The highest BCUT2D eigenvalue weighted by molar-refractivity contribution is 4.93. The van der Waals surface area contributed by atoms with Crippen LogP contribution < -0.4 is 5.32 Å². The summed E-state index contributed by atoms with van der Waals surface area (Å²) in [7, 11) is 0. The predicted molar refractivity (Wildman–Crippen MR) is 41.1 cm³/mol. The first-order valence-corrected chi connectivity index (χ1v) is 4.36. The summed E-state index contributed by atoms with van der Waals surface area (Å²) in [5.41, 5.74) is 0. The summed E-state index contributed by atoms with van der Waals surface area (Å²) in [6, 6.07) is 0. The Morgan fingerprint density at radius 2 is 1.36 bits per heavy atom. The summed E-state index contributed by atoms with van der Waals surface area (Å²) in [5, 5.41) is 22.3. The van der Waals surface area contributed by atoms with Gasteiger partial charge >= 0.3 is 0 Å². The predicted octanol–water partition coefficient (Wildman–Crippen LogP) is -0.662. The van der Waals surface area contributed by atoms with Crippen molar-refractivity contribution in [3.8, 4) is 0 Å². The van der Waals surface area contributed by atoms with Gasteiger partial charge in [-0.1, -0.05) is 0 Å². The second-order valence-electron chi connectivity index (χ2n) is 3.70. The van der Waals surface area contributed by atoms with Gasteiger partial charge in [0.2, 0.25) is 0 Å². The Labute approximate surface area is 66.4 Å². The molecule has 3 nitrogen and oxygen atoms in total. The highest BCUT2D eigenvalue weighted by Crippen LogP contribution is 2.32. The van der Waals surface area contributed by atoms with E-state index >= 15 is 0 Å². The van der Waals surface area contributed by atoms with Crippen LogP contribution in [0.2, 0.25) is 0 Å². The van der Waals surface area contributed by atoms with E-state index in [0.717, 1.165) is 25.9 Å². The van der Waals surface area contributed by atoms with Gasteiger partial charge in [0.1, 0.15) is 0 Å². The first kappa shape index (κ1) is 7.53. The molecule has 64 valence electrons. The van der Waals surface area contributed by atoms with Crippen LogP contribution in [0.3, 0.4) is 0 Å². The van der Waals surface area contributed by atoms with Crippen LogP contribution in [0.5, 0.6) is 0 Å². The average Bonchev–Trinajstić information content (AvgIpc) is 2.45. The summed E-state index contributed by atoms with van der Waals surface area (Å²) in [4.78, 5) is 0. The molecule has 0 amide bonds. The van der Waals surface area contributed by atoms with E-state index in [9.17, 15) is 10.2 Å². The van der Waals surface area contributed by atoms with Crippen molar-refractivity contribution >= 4 is 0 Å². The van der Waals surface area contributed by atoms with Gasteiger partial charge in [0, 0.05) is 24.9 Å². The highest BCUT2D eigenvalue weighted by atomic mass is 16.3. The van der Waals surface area contributed by atoms with Crippen molar-refractivity contribution in [1.29, 1.82) is 0 Å². The van der Waals surface area contributed by atoms with E-state index in [1.54, 1.807) is 0 Å². The molecule has 2 unspecified atom stereocenters. The van der Waals surface area contributed by atoms with Crippen LogP contribution in [-0.4, -0.2) is 35.5 Å². The Balaban J connectivity index is 2.08. The molecule has 4 atom stereocenters. The number of rotatable bonds is 0. The topological polar surface area (TPSA) is 52.5 Å². The first-order valence-electron chi connectivity index (χ1n) is 4.36. The summed E-state index contributed by atoms with van der Waals surface area (Å²) >= 11 is 0. The zero-order chi connectivity index (χ0) is 7.84. The lowest BCUT2D eigenvalue weighted by Crippen LogP contribution is -2.39. The van der Waals surface area contributed by atoms with Crippen molar-refractivity contribution in [2.24, 2.45) is 11.8 Å². The molecule has 3 N–H and O–H groups in total. The number of aliphatic hydroxyl groups is 2. The molecule has 1 heterocycles. The van der Waals surface area contributed by atoms with Gasteiger partial charge < -0.3 is 15.5 Å². The lowest BCUT2D eigenvalue weighted by molar-refractivity contribution is -0.0207. The third kappa shape index (κ3) is 1.17. The van der Waals surface area contributed by atoms with E-state index < -0.39 is 0 Å². The van der Waals surface area contributed by atoms with Crippen LogP contribution in [0.1, 0.15) is 12.8 Å². The minimum Gasteiger partial charge on any atom is -0.393 e. The normalized spacial score (nSPS) is 50.7. The molecule has 3 heteroatoms. The fraction of sp³-hybridized carbons (Fsp3) is 1.00. The van der Waals surface area contributed by atoms with Crippen LogP contribution in [0, 0.1) is 11.8 Å². The largest absolute Gasteiger partial charge is 0.393 e. The lowest BCUT2D eigenvalue weighted by Gasteiger charge is -2.33. The van der Waals surface area contributed by atoms with Gasteiger partial charge in [0.25, 0.3) is 0 Å². The van der Waals surface area contributed by atoms with Crippen molar-refractivity contribution in [2.45, 2.75) is 25.0 Å². The lowest BCUT2D eigenvalue weighted by atomic mass is 9.78. The number of nitrogens with one attached hydrogen (secondary N) is 1. The molecule has 1 saturated heterocycles. The SMILES string of the molecule is OC1CCC(O)[C@@H]2CNC[C@H]12. The molecule has 2 aliphatic rings. The monoisotopic (exact) mass is 157 g/mol. The minimum absolute atomic E-state index is 0.182. The van der Waals surface area contributed by atoms with Crippen molar-refractivity contribution in [3.63, 3.8) is 0 Å². The molecule has 2 rings (SSSR count). The molecule has 0 radical (unpaired) electrons. The van der Waals surface area contributed by atoms with Crippen molar-refractivity contribution in [3.05, 3.63) is 0 Å². The highest BCUT2D eigenvalue weighted by Gasteiger charge is 2.40. The van der Waals surface area contributed by atoms with Crippen LogP contribution in [0.25, 0.3) is 0 Å². The molecule has 1 aliphatic carbocycles. The Morgan fingerprint density at radius 1 is 0.909 bits per heavy atom. The fourth-order valence-electron chi connectivity index (χ4n) is 2.33. The zero-order valence-corrected chi connectivity index (χ0v) is 6.53. The maximum Gasteiger partial charge on any atom is 0.0585 e. The standard InChI is InChI=1S/C8H15NO2/c10-7-1-2-8(11)6-4-9-3-5(6)7/h5-11H,1-4H2/t5-,6+,7?,8?. The summed E-state index contributed by atoms with van der Waals surface area (Å²) in [6.07, 6.45) is 1.17. The molecule has 1 saturated carbocycles. The molecule has 1 aliphatic heterocycles. The molecule has 11 heavy (non-hydrogen) atoms. The van der Waals surface area contributed by atoms with Gasteiger partial charge in [0.15, 0.2) is 0 Å². The van der Waals surface area contributed by atoms with Crippen LogP contribution in [0.15, 0.2) is 0 Å². The van der Waals surface area contributed by atoms with E-state index in [0.29, 0.717) is 11.8 Å². The Kier molecular flexibility index (Phi) is 1.87. The minimum atomic E-state index is -0.182. The van der Waals surface area contributed by atoms with E-state index in [-0.39, 0.29) is 12.2 Å². The molecular formula is C8H15NO2. The second-order valence-corrected chi connectivity index (χ2v) is 3.70. The van der Waals surface area contributed by atoms with Crippen LogP contribution in [0.4, 0.5) is 0 Å². The molecule has 0 aromatic carbocycles. The molecule has 0 aromatic heterocycles. The first-order chi connectivity index (χ1) is 5.29. The summed E-state index contributed by atoms with van der Waals surface area (Å²) in [5.74, 6) is 0.609. The smallest absolute Gasteiger partial charge is 0.0585 e. The summed E-state index contributed by atoms with van der Waals surface area (Å²) in [6.45, 7) is 1.76. The number of hydrogen-bond donors (Lipinski definition) is 3. The second kappa shape index (κ2) is 2.73. The number of aliphatic hydroxyl groups excluding tert-OH is 2. The Bertz CT molecular complexity index is 135. The van der Waals surface area contributed by atoms with Gasteiger partial charge in [-0.25, -0.2) is 0 Å². The van der Waals surface area contributed by atoms with Crippen molar-refractivity contribution in [1.82, 2.24) is 5.32 Å².